The van der Waals surface area contributed by atoms with Crippen LogP contribution in [-0.2, 0) is 4.74 Å². The number of hydrogen-bond acceptors (Lipinski definition) is 5. The van der Waals surface area contributed by atoms with Gasteiger partial charge in [-0.15, -0.1) is 0 Å². The van der Waals surface area contributed by atoms with Gasteiger partial charge in [0.25, 0.3) is 0 Å². The minimum Gasteiger partial charge on any atom is -0.504 e. The Morgan fingerprint density at radius 2 is 2.10 bits per heavy atom. The second-order valence-corrected chi connectivity index (χ2v) is 5.39. The summed E-state index contributed by atoms with van der Waals surface area (Å²) in [5.41, 5.74) is 5.88. The number of phenolic OH excluding ortho intramolecular Hbond substituents is 1. The lowest BCUT2D eigenvalue weighted by Gasteiger charge is -2.21. The molecule has 0 radical (unpaired) electrons. The minimum absolute atomic E-state index is 0.0199. The van der Waals surface area contributed by atoms with Gasteiger partial charge in [-0.2, -0.15) is 0 Å². The van der Waals surface area contributed by atoms with Crippen molar-refractivity contribution in [3.8, 4) is 11.5 Å². The topological polar surface area (TPSA) is 93.8 Å². The van der Waals surface area contributed by atoms with E-state index in [4.69, 9.17) is 15.2 Å². The van der Waals surface area contributed by atoms with Gasteiger partial charge in [-0.25, -0.2) is 4.79 Å². The quantitative estimate of drug-likeness (QED) is 0.784. The third kappa shape index (κ3) is 4.62. The van der Waals surface area contributed by atoms with Crippen LogP contribution < -0.4 is 15.8 Å². The zero-order valence-electron chi connectivity index (χ0n) is 12.3. The van der Waals surface area contributed by atoms with E-state index in [1.807, 2.05) is 0 Å². The number of aromatic hydroxyl groups is 1. The molecule has 1 amide bonds. The molecule has 1 aromatic carbocycles. The number of carbonyl (C=O) groups is 1. The molecule has 112 valence electrons. The maximum Gasteiger partial charge on any atom is 0.407 e. The van der Waals surface area contributed by atoms with E-state index in [1.54, 1.807) is 39.0 Å². The van der Waals surface area contributed by atoms with Gasteiger partial charge in [0.1, 0.15) is 5.60 Å². The van der Waals surface area contributed by atoms with Gasteiger partial charge in [0.05, 0.1) is 13.2 Å². The van der Waals surface area contributed by atoms with E-state index in [2.05, 4.69) is 5.32 Å². The number of nitrogens with two attached hydrogens (primary N) is 1. The van der Waals surface area contributed by atoms with Crippen LogP contribution in [0.5, 0.6) is 11.5 Å². The molecule has 6 nitrogen and oxygen atoms in total. The summed E-state index contributed by atoms with van der Waals surface area (Å²) in [6.45, 7) is 5.48. The van der Waals surface area contributed by atoms with Crippen molar-refractivity contribution in [2.75, 3.05) is 13.7 Å². The summed E-state index contributed by atoms with van der Waals surface area (Å²) in [6.07, 6.45) is -0.546. The van der Waals surface area contributed by atoms with E-state index >= 15 is 0 Å². The van der Waals surface area contributed by atoms with Crippen molar-refractivity contribution in [3.63, 3.8) is 0 Å². The average Bonchev–Trinajstić information content (AvgIpc) is 2.34. The molecule has 1 unspecified atom stereocenters. The number of methoxy groups -OCH3 is 1. The lowest BCUT2D eigenvalue weighted by molar-refractivity contribution is 0.0524. The molecule has 0 aliphatic rings. The molecule has 4 N–H and O–H groups in total. The van der Waals surface area contributed by atoms with E-state index < -0.39 is 17.7 Å². The summed E-state index contributed by atoms with van der Waals surface area (Å²) < 4.78 is 10.1. The summed E-state index contributed by atoms with van der Waals surface area (Å²) in [6, 6.07) is 4.48. The second-order valence-electron chi connectivity index (χ2n) is 5.39. The molecule has 6 heteroatoms. The highest BCUT2D eigenvalue weighted by molar-refractivity contribution is 5.67. The third-order valence-corrected chi connectivity index (χ3v) is 2.51. The van der Waals surface area contributed by atoms with Crippen LogP contribution in [0.1, 0.15) is 32.4 Å². The van der Waals surface area contributed by atoms with Crippen LogP contribution in [0, 0.1) is 0 Å². The molecule has 0 aromatic heterocycles. The number of amides is 1. The Morgan fingerprint density at radius 3 is 2.65 bits per heavy atom. The van der Waals surface area contributed by atoms with Crippen LogP contribution in [0.3, 0.4) is 0 Å². The molecule has 1 rings (SSSR count). The number of carbonyl (C=O) groups excluding carboxylic acids is 1. The lowest BCUT2D eigenvalue weighted by atomic mass is 10.1. The predicted molar refractivity (Wildman–Crippen MR) is 75.8 cm³/mol. The Hall–Kier alpha value is -1.95. The van der Waals surface area contributed by atoms with Crippen molar-refractivity contribution in [3.05, 3.63) is 23.8 Å². The van der Waals surface area contributed by atoms with E-state index in [0.29, 0.717) is 11.3 Å². The Bertz CT molecular complexity index is 469. The zero-order valence-corrected chi connectivity index (χ0v) is 12.3. The van der Waals surface area contributed by atoms with Crippen LogP contribution in [0.15, 0.2) is 18.2 Å². The van der Waals surface area contributed by atoms with E-state index in [-0.39, 0.29) is 12.3 Å². The monoisotopic (exact) mass is 282 g/mol. The van der Waals surface area contributed by atoms with Crippen molar-refractivity contribution < 1.29 is 19.4 Å². The number of nitrogens with one attached hydrogen (secondary N) is 1. The van der Waals surface area contributed by atoms with Gasteiger partial charge in [-0.3, -0.25) is 0 Å². The molecule has 0 spiro atoms. The summed E-state index contributed by atoms with van der Waals surface area (Å²) >= 11 is 0. The summed E-state index contributed by atoms with van der Waals surface area (Å²) in [7, 11) is 1.46. The van der Waals surface area contributed by atoms with Gasteiger partial charge >= 0.3 is 6.09 Å². The van der Waals surface area contributed by atoms with Gasteiger partial charge in [-0.1, -0.05) is 12.1 Å². The molecule has 0 saturated carbocycles. The first-order valence-electron chi connectivity index (χ1n) is 6.33. The zero-order chi connectivity index (χ0) is 15.3. The molecule has 0 fully saturated rings. The highest BCUT2D eigenvalue weighted by atomic mass is 16.6. The number of hydrogen-bond donors (Lipinski definition) is 3. The number of alkyl carbamates (subject to hydrolysis) is 1. The first-order chi connectivity index (χ1) is 9.24. The minimum atomic E-state index is -0.563. The maximum atomic E-state index is 11.5. The smallest absolute Gasteiger partial charge is 0.407 e. The summed E-state index contributed by atoms with van der Waals surface area (Å²) in [4.78, 5) is 11.5. The van der Waals surface area contributed by atoms with E-state index in [1.165, 1.54) is 7.11 Å². The molecule has 0 saturated heterocycles. The van der Waals surface area contributed by atoms with Gasteiger partial charge in [-0.05, 0) is 26.8 Å². The maximum absolute atomic E-state index is 11.5. The van der Waals surface area contributed by atoms with Gasteiger partial charge in [0.15, 0.2) is 11.5 Å². The van der Waals surface area contributed by atoms with Crippen molar-refractivity contribution in [1.82, 2.24) is 5.32 Å². The molecule has 20 heavy (non-hydrogen) atoms. The SMILES string of the molecule is COc1cccc(C(N)CNC(=O)OC(C)(C)C)c1O. The number of para-hydroxylation sites is 1. The number of phenols is 1. The van der Waals surface area contributed by atoms with Gasteiger partial charge in [0.2, 0.25) is 0 Å². The van der Waals surface area contributed by atoms with Gasteiger partial charge < -0.3 is 25.6 Å². The third-order valence-electron chi connectivity index (χ3n) is 2.51. The van der Waals surface area contributed by atoms with Crippen LogP contribution in [0.2, 0.25) is 0 Å². The van der Waals surface area contributed by atoms with Crippen molar-refractivity contribution in [2.45, 2.75) is 32.4 Å². The number of ether oxygens (including phenoxy) is 2. The Morgan fingerprint density at radius 1 is 1.45 bits per heavy atom. The molecular weight excluding hydrogens is 260 g/mol. The standard InChI is InChI=1S/C14H22N2O4/c1-14(2,3)20-13(18)16-8-10(15)9-6-5-7-11(19-4)12(9)17/h5-7,10,17H,8,15H2,1-4H3,(H,16,18). The van der Waals surface area contributed by atoms with Gasteiger partial charge in [0, 0.05) is 12.1 Å². The molecule has 0 heterocycles. The normalized spacial score (nSPS) is 12.7. The number of rotatable bonds is 4. The second kappa shape index (κ2) is 6.47. The van der Waals surface area contributed by atoms with Crippen molar-refractivity contribution in [2.24, 2.45) is 5.73 Å². The molecule has 0 aliphatic carbocycles. The Kier molecular flexibility index (Phi) is 5.21. The Balaban J connectivity index is 2.64. The fourth-order valence-corrected chi connectivity index (χ4v) is 1.62. The van der Waals surface area contributed by atoms with Crippen molar-refractivity contribution >= 4 is 6.09 Å². The predicted octanol–water partition coefficient (Wildman–Crippen LogP) is 1.93. The highest BCUT2D eigenvalue weighted by Crippen LogP contribution is 2.32. The Labute approximate surface area is 118 Å². The molecule has 1 aromatic rings. The fourth-order valence-electron chi connectivity index (χ4n) is 1.62. The molecule has 0 bridgehead atoms. The van der Waals surface area contributed by atoms with Crippen molar-refractivity contribution in [1.29, 1.82) is 0 Å². The van der Waals surface area contributed by atoms with E-state index in [0.717, 1.165) is 0 Å². The molecular formula is C14H22N2O4. The highest BCUT2D eigenvalue weighted by Gasteiger charge is 2.18. The largest absolute Gasteiger partial charge is 0.504 e. The lowest BCUT2D eigenvalue weighted by Crippen LogP contribution is -2.36. The summed E-state index contributed by atoms with van der Waals surface area (Å²) in [5.74, 6) is 0.323. The fraction of sp³-hybridized carbons (Fsp3) is 0.500. The molecule has 1 atom stereocenters. The number of benzene rings is 1. The van der Waals surface area contributed by atoms with Crippen LogP contribution in [-0.4, -0.2) is 30.5 Å². The van der Waals surface area contributed by atoms with Crippen LogP contribution in [0.4, 0.5) is 4.79 Å². The van der Waals surface area contributed by atoms with Crippen LogP contribution >= 0.6 is 0 Å². The first-order valence-corrected chi connectivity index (χ1v) is 6.33. The van der Waals surface area contributed by atoms with E-state index in [9.17, 15) is 9.90 Å². The van der Waals surface area contributed by atoms with Crippen LogP contribution in [0.25, 0.3) is 0 Å². The average molecular weight is 282 g/mol. The summed E-state index contributed by atoms with van der Waals surface area (Å²) in [5, 5.41) is 12.5. The molecule has 0 aliphatic heterocycles. The first kappa shape index (κ1) is 16.1.